The minimum absolute atomic E-state index is 0.124. The molecule has 298 valence electrons. The third-order valence-electron chi connectivity index (χ3n) is 10.4. The average molecular weight is 915 g/mol. The summed E-state index contributed by atoms with van der Waals surface area (Å²) in [5.74, 6) is 0. The molecule has 2 aliphatic rings. The first-order valence-corrected chi connectivity index (χ1v) is 22.9. The maximum atomic E-state index is 7.07. The molecule has 0 N–H and O–H groups in total. The topological polar surface area (TPSA) is 64.6 Å². The van der Waals surface area contributed by atoms with Gasteiger partial charge in [-0.25, -0.2) is 0 Å². The molecule has 0 amide bonds. The lowest BCUT2D eigenvalue weighted by atomic mass is 9.97. The normalized spacial score (nSPS) is 22.7. The van der Waals surface area contributed by atoms with Crippen LogP contribution in [0.1, 0.15) is 43.8 Å². The van der Waals surface area contributed by atoms with Gasteiger partial charge in [-0.15, -0.1) is 0 Å². The van der Waals surface area contributed by atoms with E-state index in [1.807, 2.05) is 91.0 Å². The van der Waals surface area contributed by atoms with Crippen molar-refractivity contribution < 1.29 is 32.8 Å². The second kappa shape index (κ2) is 19.7. The Hall–Kier alpha value is -3.26. The fourth-order valence-electron chi connectivity index (χ4n) is 7.59. The summed E-state index contributed by atoms with van der Waals surface area (Å²) >= 11 is 7.10. The summed E-state index contributed by atoms with van der Waals surface area (Å²) in [6.07, 6.45) is 0.617. The van der Waals surface area contributed by atoms with Crippen molar-refractivity contribution in [3.63, 3.8) is 0 Å². The first-order valence-electron chi connectivity index (χ1n) is 19.4. The molecule has 0 unspecified atom stereocenters. The van der Waals surface area contributed by atoms with Crippen molar-refractivity contribution in [1.82, 2.24) is 0 Å². The molecule has 6 atom stereocenters. The van der Waals surface area contributed by atoms with Crippen molar-refractivity contribution in [2.45, 2.75) is 76.0 Å². The lowest BCUT2D eigenvalue weighted by molar-refractivity contribution is -0.371. The van der Waals surface area contributed by atoms with Gasteiger partial charge in [-0.2, -0.15) is 0 Å². The van der Waals surface area contributed by atoms with E-state index in [4.69, 9.17) is 32.8 Å². The molecule has 0 bridgehead atoms. The van der Waals surface area contributed by atoms with Crippen molar-refractivity contribution in [2.24, 2.45) is 0 Å². The van der Waals surface area contributed by atoms with Crippen molar-refractivity contribution in [1.29, 1.82) is 0 Å². The molecule has 0 saturated carbocycles. The number of hydrogen-bond acceptors (Lipinski definition) is 7. The van der Waals surface area contributed by atoms with E-state index in [9.17, 15) is 0 Å². The van der Waals surface area contributed by atoms with Crippen LogP contribution in [0, 0.1) is 0 Å². The first-order chi connectivity index (χ1) is 27.7. The van der Waals surface area contributed by atoms with E-state index in [-0.39, 0.29) is 11.6 Å². The summed E-state index contributed by atoms with van der Waals surface area (Å²) in [6, 6.07) is 47.5. The molecule has 0 aromatic heterocycles. The molecular formula is C47H50Br2O7Si. The van der Waals surface area contributed by atoms with Crippen LogP contribution < -0.4 is 10.4 Å². The van der Waals surface area contributed by atoms with E-state index < -0.39 is 45.3 Å². The standard InChI is InChI=1S/C47H50Br2O7Si/c1-47(2,3)57(39-17-9-5-10-18-39,40-19-11-6-12-20-40)54-30-14-13-29-50-46-44(52-32-35-23-27-38(49)28-24-35)43(51-31-34-21-25-37(48)26-22-34)42-41(55-46)33-53-45(56-42)36-15-7-4-8-16-36/h4-28,41-46H,29-33H2,1-3H3/b14-13-/t41-,42-,43+,44+,45-,46+/m1/s1. The fourth-order valence-corrected chi connectivity index (χ4v) is 12.6. The van der Waals surface area contributed by atoms with Crippen LogP contribution in [-0.4, -0.2) is 58.8 Å². The smallest absolute Gasteiger partial charge is 0.261 e. The van der Waals surface area contributed by atoms with Gasteiger partial charge in [0.05, 0.1) is 33.0 Å². The van der Waals surface area contributed by atoms with Gasteiger partial charge in [0.15, 0.2) is 12.6 Å². The Morgan fingerprint density at radius 3 is 1.67 bits per heavy atom. The highest BCUT2D eigenvalue weighted by atomic mass is 79.9. The molecule has 2 heterocycles. The molecule has 57 heavy (non-hydrogen) atoms. The molecule has 5 aromatic rings. The van der Waals surface area contributed by atoms with Gasteiger partial charge in [0.2, 0.25) is 0 Å². The molecule has 7 nitrogen and oxygen atoms in total. The quantitative estimate of drug-likeness (QED) is 0.0766. The van der Waals surface area contributed by atoms with Gasteiger partial charge < -0.3 is 32.8 Å². The van der Waals surface area contributed by atoms with Crippen molar-refractivity contribution in [3.05, 3.63) is 177 Å². The molecule has 10 heteroatoms. The largest absolute Gasteiger partial charge is 0.404 e. The zero-order valence-corrected chi connectivity index (χ0v) is 36.7. The highest BCUT2D eigenvalue weighted by molar-refractivity contribution is 9.10. The third kappa shape index (κ3) is 10.3. The number of benzene rings is 5. The zero-order valence-electron chi connectivity index (χ0n) is 32.5. The minimum atomic E-state index is -2.69. The van der Waals surface area contributed by atoms with E-state index in [1.165, 1.54) is 10.4 Å². The zero-order chi connectivity index (χ0) is 39.7. The lowest BCUT2D eigenvalue weighted by Gasteiger charge is -2.49. The summed E-state index contributed by atoms with van der Waals surface area (Å²) < 4.78 is 48.7. The molecule has 7 rings (SSSR count). The molecule has 2 aliphatic heterocycles. The van der Waals surface area contributed by atoms with Gasteiger partial charge in [-0.3, -0.25) is 0 Å². The van der Waals surface area contributed by atoms with E-state index in [0.29, 0.717) is 26.4 Å². The number of ether oxygens (including phenoxy) is 6. The van der Waals surface area contributed by atoms with Crippen molar-refractivity contribution >= 4 is 50.6 Å². The highest BCUT2D eigenvalue weighted by Crippen LogP contribution is 2.38. The number of halogens is 2. The summed E-state index contributed by atoms with van der Waals surface area (Å²) in [5.41, 5.74) is 2.97. The van der Waals surface area contributed by atoms with Gasteiger partial charge in [0.25, 0.3) is 8.32 Å². The predicted molar refractivity (Wildman–Crippen MR) is 233 cm³/mol. The molecule has 0 spiro atoms. The monoisotopic (exact) mass is 912 g/mol. The van der Waals surface area contributed by atoms with Crippen LogP contribution in [-0.2, 0) is 46.1 Å². The number of fused-ring (bicyclic) bond motifs is 1. The predicted octanol–water partition coefficient (Wildman–Crippen LogP) is 9.67. The van der Waals surface area contributed by atoms with Crippen molar-refractivity contribution in [2.75, 3.05) is 19.8 Å². The van der Waals surface area contributed by atoms with Crippen LogP contribution >= 0.6 is 31.9 Å². The van der Waals surface area contributed by atoms with Crippen LogP contribution in [0.5, 0.6) is 0 Å². The highest BCUT2D eigenvalue weighted by Gasteiger charge is 2.52. The maximum Gasteiger partial charge on any atom is 0.261 e. The third-order valence-corrected chi connectivity index (χ3v) is 16.5. The first kappa shape index (κ1) is 41.9. The average Bonchev–Trinajstić information content (AvgIpc) is 3.23. The second-order valence-corrected chi connectivity index (χ2v) is 21.4. The summed E-state index contributed by atoms with van der Waals surface area (Å²) in [4.78, 5) is 0. The summed E-state index contributed by atoms with van der Waals surface area (Å²) in [6.45, 7) is 8.54. The van der Waals surface area contributed by atoms with Crippen LogP contribution in [0.15, 0.2) is 161 Å². The van der Waals surface area contributed by atoms with E-state index in [1.54, 1.807) is 0 Å². The molecule has 0 aliphatic carbocycles. The Labute approximate surface area is 354 Å². The molecule has 5 aromatic carbocycles. The Morgan fingerprint density at radius 1 is 0.614 bits per heavy atom. The van der Waals surface area contributed by atoms with E-state index in [0.717, 1.165) is 25.6 Å². The van der Waals surface area contributed by atoms with Gasteiger partial charge in [0.1, 0.15) is 24.4 Å². The number of rotatable bonds is 15. The second-order valence-electron chi connectivity index (χ2n) is 15.3. The van der Waals surface area contributed by atoms with Gasteiger partial charge in [-0.1, -0.05) is 180 Å². The van der Waals surface area contributed by atoms with Crippen LogP contribution in [0.4, 0.5) is 0 Å². The Bertz CT molecular complexity index is 1950. The Kier molecular flexibility index (Phi) is 14.4. The fraction of sp³-hybridized carbons (Fsp3) is 0.319. The minimum Gasteiger partial charge on any atom is -0.404 e. The lowest BCUT2D eigenvalue weighted by Crippen LogP contribution is -2.66. The number of hydrogen-bond donors (Lipinski definition) is 0. The Balaban J connectivity index is 1.11. The van der Waals surface area contributed by atoms with Gasteiger partial charge in [0, 0.05) is 14.5 Å². The van der Waals surface area contributed by atoms with Gasteiger partial charge in [-0.05, 0) is 50.8 Å². The summed E-state index contributed by atoms with van der Waals surface area (Å²) in [5, 5.41) is 2.36. The van der Waals surface area contributed by atoms with Crippen molar-refractivity contribution in [3.8, 4) is 0 Å². The van der Waals surface area contributed by atoms with E-state index >= 15 is 0 Å². The molecular weight excluding hydrogens is 864 g/mol. The maximum absolute atomic E-state index is 7.07. The Morgan fingerprint density at radius 2 is 1.12 bits per heavy atom. The SMILES string of the molecule is CC(C)(C)[Si](OC/C=C\CO[C@H]1O[C@@H]2CO[C@@H](c3ccccc3)O[C@H]2[C@H](OCc2ccc(Br)cc2)[C@@H]1OCc1ccc(Br)cc1)(c1ccccc1)c1ccccc1. The van der Waals surface area contributed by atoms with E-state index in [2.05, 4.69) is 113 Å². The molecule has 2 saturated heterocycles. The van der Waals surface area contributed by atoms with Crippen LogP contribution in [0.2, 0.25) is 5.04 Å². The summed E-state index contributed by atoms with van der Waals surface area (Å²) in [7, 11) is -2.69. The molecule has 2 fully saturated rings. The molecule has 0 radical (unpaired) electrons. The van der Waals surface area contributed by atoms with Crippen LogP contribution in [0.3, 0.4) is 0 Å². The van der Waals surface area contributed by atoms with Crippen LogP contribution in [0.25, 0.3) is 0 Å². The van der Waals surface area contributed by atoms with Gasteiger partial charge >= 0.3 is 0 Å².